The molecule has 0 spiro atoms. The molecular formula is C17H30O2. The Labute approximate surface area is 118 Å². The Bertz CT molecular complexity index is 233. The summed E-state index contributed by atoms with van der Waals surface area (Å²) in [4.78, 5) is 10.5. The predicted octanol–water partition coefficient (Wildman–Crippen LogP) is 4.44. The van der Waals surface area contributed by atoms with Gasteiger partial charge in [-0.15, -0.1) is 6.58 Å². The van der Waals surface area contributed by atoms with Crippen molar-refractivity contribution in [2.45, 2.75) is 64.2 Å². The number of aliphatic hydroxyl groups excluding tert-OH is 1. The van der Waals surface area contributed by atoms with Gasteiger partial charge in [-0.1, -0.05) is 37.5 Å². The molecular weight excluding hydrogens is 236 g/mol. The predicted molar refractivity (Wildman–Crippen MR) is 82.1 cm³/mol. The first-order valence-corrected chi connectivity index (χ1v) is 7.67. The summed E-state index contributed by atoms with van der Waals surface area (Å²) < 4.78 is 0. The minimum atomic E-state index is -0.153. The molecule has 0 bridgehead atoms. The lowest BCUT2D eigenvalue weighted by atomic mass is 10.0. The molecule has 1 N–H and O–H groups in total. The van der Waals surface area contributed by atoms with E-state index in [1.165, 1.54) is 32.1 Å². The fourth-order valence-corrected chi connectivity index (χ4v) is 2.01. The Morgan fingerprint density at radius 1 is 0.895 bits per heavy atom. The molecule has 0 amide bonds. The molecule has 0 aromatic carbocycles. The summed E-state index contributed by atoms with van der Waals surface area (Å²) in [7, 11) is 0. The fourth-order valence-electron chi connectivity index (χ4n) is 2.01. The van der Waals surface area contributed by atoms with E-state index in [1.54, 1.807) is 0 Å². The van der Waals surface area contributed by atoms with Crippen LogP contribution in [-0.4, -0.2) is 18.0 Å². The van der Waals surface area contributed by atoms with E-state index in [0.29, 0.717) is 0 Å². The van der Waals surface area contributed by atoms with Crippen molar-refractivity contribution in [1.29, 1.82) is 0 Å². The molecule has 19 heavy (non-hydrogen) atoms. The maximum Gasteiger partial charge on any atom is 0.125 e. The molecule has 2 nitrogen and oxygen atoms in total. The molecule has 1 atom stereocenters. The number of allylic oxidation sites excluding steroid dienone is 3. The average molecular weight is 266 g/mol. The third-order valence-corrected chi connectivity index (χ3v) is 3.32. The average Bonchev–Trinajstić information content (AvgIpc) is 2.44. The highest BCUT2D eigenvalue weighted by atomic mass is 16.3. The van der Waals surface area contributed by atoms with Gasteiger partial charge in [-0.25, -0.2) is 0 Å². The van der Waals surface area contributed by atoms with Crippen molar-refractivity contribution in [1.82, 2.24) is 0 Å². The summed E-state index contributed by atoms with van der Waals surface area (Å²) in [5.74, 6) is -0.153. The van der Waals surface area contributed by atoms with E-state index < -0.39 is 0 Å². The van der Waals surface area contributed by atoms with Crippen molar-refractivity contribution in [3.05, 3.63) is 24.8 Å². The van der Waals surface area contributed by atoms with Crippen molar-refractivity contribution >= 4 is 6.29 Å². The lowest BCUT2D eigenvalue weighted by Gasteiger charge is -2.04. The maximum absolute atomic E-state index is 10.5. The number of rotatable bonds is 14. The van der Waals surface area contributed by atoms with E-state index in [-0.39, 0.29) is 12.5 Å². The van der Waals surface area contributed by atoms with Gasteiger partial charge in [-0.05, 0) is 44.9 Å². The molecule has 0 aromatic heterocycles. The molecule has 0 radical (unpaired) electrons. The number of hydrogen-bond donors (Lipinski definition) is 1. The minimum absolute atomic E-state index is 0.00874. The number of aldehydes is 1. The zero-order valence-electron chi connectivity index (χ0n) is 12.2. The third-order valence-electron chi connectivity index (χ3n) is 3.32. The monoisotopic (exact) mass is 266 g/mol. The van der Waals surface area contributed by atoms with E-state index in [0.717, 1.165) is 38.4 Å². The van der Waals surface area contributed by atoms with Gasteiger partial charge in [0, 0.05) is 5.92 Å². The van der Waals surface area contributed by atoms with Gasteiger partial charge in [0.2, 0.25) is 0 Å². The van der Waals surface area contributed by atoms with Gasteiger partial charge >= 0.3 is 0 Å². The van der Waals surface area contributed by atoms with Gasteiger partial charge in [0.15, 0.2) is 0 Å². The highest BCUT2D eigenvalue weighted by molar-refractivity contribution is 5.53. The minimum Gasteiger partial charge on any atom is -0.396 e. The second-order valence-corrected chi connectivity index (χ2v) is 5.11. The van der Waals surface area contributed by atoms with Gasteiger partial charge in [0.1, 0.15) is 6.29 Å². The topological polar surface area (TPSA) is 37.3 Å². The SMILES string of the molecule is C=CCCCCCCC=CCCCCC(C=O)CO. The summed E-state index contributed by atoms with van der Waals surface area (Å²) in [6.07, 6.45) is 18.9. The first-order valence-electron chi connectivity index (χ1n) is 7.67. The summed E-state index contributed by atoms with van der Waals surface area (Å²) in [5, 5.41) is 8.85. The highest BCUT2D eigenvalue weighted by Gasteiger charge is 2.03. The molecule has 0 aromatic rings. The molecule has 0 aliphatic heterocycles. The van der Waals surface area contributed by atoms with Gasteiger partial charge in [0.25, 0.3) is 0 Å². The van der Waals surface area contributed by atoms with E-state index >= 15 is 0 Å². The summed E-state index contributed by atoms with van der Waals surface area (Å²) in [6, 6.07) is 0. The number of unbranched alkanes of at least 4 members (excludes halogenated alkanes) is 7. The Hall–Kier alpha value is -0.890. The van der Waals surface area contributed by atoms with Crippen molar-refractivity contribution in [2.75, 3.05) is 6.61 Å². The molecule has 110 valence electrons. The molecule has 2 heteroatoms. The van der Waals surface area contributed by atoms with Gasteiger partial charge in [0.05, 0.1) is 6.61 Å². The van der Waals surface area contributed by atoms with Gasteiger partial charge < -0.3 is 9.90 Å². The van der Waals surface area contributed by atoms with Crippen LogP contribution in [0.4, 0.5) is 0 Å². The fraction of sp³-hybridized carbons (Fsp3) is 0.706. The van der Waals surface area contributed by atoms with Gasteiger partial charge in [-0.2, -0.15) is 0 Å². The standard InChI is InChI=1S/C17H30O2/c1-2-3-4-5-6-7-8-9-10-11-12-13-14-17(15-18)16-19/h2,9-10,15,17,19H,1,3-8,11-14,16H2. The van der Waals surface area contributed by atoms with Crippen LogP contribution in [0, 0.1) is 5.92 Å². The van der Waals surface area contributed by atoms with Crippen LogP contribution < -0.4 is 0 Å². The van der Waals surface area contributed by atoms with Crippen molar-refractivity contribution in [2.24, 2.45) is 5.92 Å². The lowest BCUT2D eigenvalue weighted by molar-refractivity contribution is -0.112. The van der Waals surface area contributed by atoms with Crippen LogP contribution in [0.1, 0.15) is 64.2 Å². The lowest BCUT2D eigenvalue weighted by Crippen LogP contribution is -2.06. The van der Waals surface area contributed by atoms with E-state index in [9.17, 15) is 4.79 Å². The summed E-state index contributed by atoms with van der Waals surface area (Å²) >= 11 is 0. The molecule has 1 unspecified atom stereocenters. The van der Waals surface area contributed by atoms with E-state index in [4.69, 9.17) is 5.11 Å². The van der Waals surface area contributed by atoms with Crippen LogP contribution in [0.2, 0.25) is 0 Å². The Balaban J connectivity index is 3.21. The van der Waals surface area contributed by atoms with Crippen LogP contribution in [-0.2, 0) is 4.79 Å². The van der Waals surface area contributed by atoms with E-state index in [2.05, 4.69) is 18.7 Å². The number of carbonyl (C=O) groups is 1. The van der Waals surface area contributed by atoms with Gasteiger partial charge in [-0.3, -0.25) is 0 Å². The Morgan fingerprint density at radius 2 is 1.47 bits per heavy atom. The van der Waals surface area contributed by atoms with Crippen LogP contribution in [0.15, 0.2) is 24.8 Å². The van der Waals surface area contributed by atoms with Crippen LogP contribution in [0.3, 0.4) is 0 Å². The second kappa shape index (κ2) is 15.2. The molecule has 0 aliphatic rings. The van der Waals surface area contributed by atoms with Crippen molar-refractivity contribution in [3.8, 4) is 0 Å². The van der Waals surface area contributed by atoms with Crippen molar-refractivity contribution in [3.63, 3.8) is 0 Å². The smallest absolute Gasteiger partial charge is 0.125 e. The molecule has 0 heterocycles. The van der Waals surface area contributed by atoms with E-state index in [1.807, 2.05) is 6.08 Å². The molecule has 0 rings (SSSR count). The van der Waals surface area contributed by atoms with Crippen molar-refractivity contribution < 1.29 is 9.90 Å². The normalized spacial score (nSPS) is 12.7. The molecule has 0 saturated carbocycles. The first kappa shape index (κ1) is 18.1. The highest BCUT2D eigenvalue weighted by Crippen LogP contribution is 2.09. The second-order valence-electron chi connectivity index (χ2n) is 5.11. The Kier molecular flexibility index (Phi) is 14.5. The summed E-state index contributed by atoms with van der Waals surface area (Å²) in [5.41, 5.74) is 0. The third kappa shape index (κ3) is 13.3. The molecule has 0 saturated heterocycles. The Morgan fingerprint density at radius 3 is 2.00 bits per heavy atom. The largest absolute Gasteiger partial charge is 0.396 e. The van der Waals surface area contributed by atoms with Crippen LogP contribution >= 0.6 is 0 Å². The number of hydrogen-bond acceptors (Lipinski definition) is 2. The maximum atomic E-state index is 10.5. The quantitative estimate of drug-likeness (QED) is 0.287. The van der Waals surface area contributed by atoms with Crippen LogP contribution in [0.5, 0.6) is 0 Å². The first-order chi connectivity index (χ1) is 9.35. The molecule has 0 aliphatic carbocycles. The summed E-state index contributed by atoms with van der Waals surface area (Å²) in [6.45, 7) is 3.71. The zero-order chi connectivity index (χ0) is 14.2. The van der Waals surface area contributed by atoms with Crippen LogP contribution in [0.25, 0.3) is 0 Å². The number of carbonyl (C=O) groups excluding carboxylic acids is 1. The number of aliphatic hydroxyl groups is 1. The molecule has 0 fully saturated rings. The zero-order valence-corrected chi connectivity index (χ0v) is 12.2.